The molecule has 0 fully saturated rings. The first kappa shape index (κ1) is 15.4. The molecule has 1 unspecified atom stereocenters. The molecule has 0 aliphatic rings. The fourth-order valence-corrected chi connectivity index (χ4v) is 1.46. The van der Waals surface area contributed by atoms with E-state index >= 15 is 0 Å². The Morgan fingerprint density at radius 2 is 2.15 bits per heavy atom. The summed E-state index contributed by atoms with van der Waals surface area (Å²) in [5.74, 6) is -1.99. The van der Waals surface area contributed by atoms with Crippen LogP contribution in [0.1, 0.15) is 29.4 Å². The molecule has 4 N–H and O–H groups in total. The van der Waals surface area contributed by atoms with Gasteiger partial charge in [0.15, 0.2) is 0 Å². The van der Waals surface area contributed by atoms with Gasteiger partial charge in [0.2, 0.25) is 5.91 Å². The number of aliphatic carboxylic acids is 1. The first-order valence-electron chi connectivity index (χ1n) is 5.84. The summed E-state index contributed by atoms with van der Waals surface area (Å²) in [4.78, 5) is 36.7. The Labute approximate surface area is 115 Å². The molecular formula is C13H15N3O4. The number of nitrogens with one attached hydrogen (secondary N) is 1. The third-order valence-electron chi connectivity index (χ3n) is 2.32. The number of hydrogen-bond donors (Lipinski definition) is 3. The second-order valence-electron chi connectivity index (χ2n) is 4.19. The predicted molar refractivity (Wildman–Crippen MR) is 71.6 cm³/mol. The monoisotopic (exact) mass is 277 g/mol. The van der Waals surface area contributed by atoms with Crippen molar-refractivity contribution >= 4 is 23.9 Å². The Morgan fingerprint density at radius 1 is 1.45 bits per heavy atom. The standard InChI is InChI=1S/C13H15N3O4/c1-8(6-11(14)17)16-13(20)10-4-2-9(7-15-10)3-5-12(18)19/h2-5,7-8H,6H2,1H3,(H2,14,17)(H,16,20)(H,18,19)/b5-3+. The lowest BCUT2D eigenvalue weighted by Crippen LogP contribution is -2.36. The van der Waals surface area contributed by atoms with Crippen molar-refractivity contribution < 1.29 is 19.5 Å². The van der Waals surface area contributed by atoms with Crippen LogP contribution in [0.4, 0.5) is 0 Å². The van der Waals surface area contributed by atoms with Crippen LogP contribution in [0, 0.1) is 0 Å². The van der Waals surface area contributed by atoms with E-state index < -0.39 is 17.8 Å². The van der Waals surface area contributed by atoms with Gasteiger partial charge in [0.05, 0.1) is 0 Å². The van der Waals surface area contributed by atoms with Crippen LogP contribution in [0.2, 0.25) is 0 Å². The minimum Gasteiger partial charge on any atom is -0.478 e. The van der Waals surface area contributed by atoms with Gasteiger partial charge in [0.1, 0.15) is 5.69 Å². The number of carboxylic acids is 1. The molecule has 0 aliphatic carbocycles. The molecular weight excluding hydrogens is 262 g/mol. The summed E-state index contributed by atoms with van der Waals surface area (Å²) >= 11 is 0. The highest BCUT2D eigenvalue weighted by atomic mass is 16.4. The number of nitrogens with two attached hydrogens (primary N) is 1. The summed E-state index contributed by atoms with van der Waals surface area (Å²) in [5.41, 5.74) is 5.76. The summed E-state index contributed by atoms with van der Waals surface area (Å²) in [7, 11) is 0. The fourth-order valence-electron chi connectivity index (χ4n) is 1.46. The second kappa shape index (κ2) is 7.03. The zero-order valence-corrected chi connectivity index (χ0v) is 10.9. The smallest absolute Gasteiger partial charge is 0.328 e. The molecule has 0 radical (unpaired) electrons. The van der Waals surface area contributed by atoms with Crippen molar-refractivity contribution in [2.45, 2.75) is 19.4 Å². The van der Waals surface area contributed by atoms with Gasteiger partial charge in [-0.15, -0.1) is 0 Å². The van der Waals surface area contributed by atoms with Crippen LogP contribution in [-0.4, -0.2) is 33.9 Å². The Hall–Kier alpha value is -2.70. The number of rotatable bonds is 6. The fraction of sp³-hybridized carbons (Fsp3) is 0.231. The van der Waals surface area contributed by atoms with Gasteiger partial charge < -0.3 is 16.2 Å². The van der Waals surface area contributed by atoms with Gasteiger partial charge in [-0.25, -0.2) is 4.79 Å². The van der Waals surface area contributed by atoms with Crippen molar-refractivity contribution in [3.8, 4) is 0 Å². The molecule has 0 bridgehead atoms. The third kappa shape index (κ3) is 5.30. The summed E-state index contributed by atoms with van der Waals surface area (Å²) in [6.07, 6.45) is 3.77. The van der Waals surface area contributed by atoms with E-state index in [1.807, 2.05) is 0 Å². The number of aromatic nitrogens is 1. The lowest BCUT2D eigenvalue weighted by atomic mass is 10.2. The molecule has 1 atom stereocenters. The first-order chi connectivity index (χ1) is 9.38. The van der Waals surface area contributed by atoms with E-state index in [2.05, 4.69) is 10.3 Å². The van der Waals surface area contributed by atoms with Crippen LogP contribution in [-0.2, 0) is 9.59 Å². The van der Waals surface area contributed by atoms with E-state index in [1.165, 1.54) is 18.3 Å². The van der Waals surface area contributed by atoms with Crippen LogP contribution >= 0.6 is 0 Å². The van der Waals surface area contributed by atoms with Crippen molar-refractivity contribution in [2.75, 3.05) is 0 Å². The molecule has 0 saturated heterocycles. The van der Waals surface area contributed by atoms with Crippen LogP contribution < -0.4 is 11.1 Å². The molecule has 7 nitrogen and oxygen atoms in total. The molecule has 0 aromatic carbocycles. The van der Waals surface area contributed by atoms with Gasteiger partial charge in [-0.05, 0) is 24.6 Å². The van der Waals surface area contributed by atoms with E-state index in [-0.39, 0.29) is 18.2 Å². The van der Waals surface area contributed by atoms with E-state index in [0.29, 0.717) is 5.56 Å². The maximum Gasteiger partial charge on any atom is 0.328 e. The Kier molecular flexibility index (Phi) is 5.40. The predicted octanol–water partition coefficient (Wildman–Crippen LogP) is 0.173. The number of carboxylic acid groups (broad SMARTS) is 1. The van der Waals surface area contributed by atoms with Crippen LogP contribution in [0.15, 0.2) is 24.4 Å². The molecule has 7 heteroatoms. The highest BCUT2D eigenvalue weighted by Gasteiger charge is 2.12. The number of hydrogen-bond acceptors (Lipinski definition) is 4. The molecule has 106 valence electrons. The molecule has 0 aliphatic heterocycles. The summed E-state index contributed by atoms with van der Waals surface area (Å²) in [6.45, 7) is 1.66. The molecule has 20 heavy (non-hydrogen) atoms. The van der Waals surface area contributed by atoms with Crippen LogP contribution in [0.25, 0.3) is 6.08 Å². The summed E-state index contributed by atoms with van der Waals surface area (Å²) < 4.78 is 0. The number of pyridine rings is 1. The van der Waals surface area contributed by atoms with Gasteiger partial charge in [-0.1, -0.05) is 6.07 Å². The van der Waals surface area contributed by atoms with Gasteiger partial charge in [-0.2, -0.15) is 0 Å². The minimum atomic E-state index is -1.06. The van der Waals surface area contributed by atoms with E-state index in [9.17, 15) is 14.4 Å². The average Bonchev–Trinajstić information content (AvgIpc) is 2.35. The second-order valence-corrected chi connectivity index (χ2v) is 4.19. The zero-order chi connectivity index (χ0) is 15.1. The maximum absolute atomic E-state index is 11.8. The molecule has 1 rings (SSSR count). The molecule has 0 spiro atoms. The quantitative estimate of drug-likeness (QED) is 0.640. The van der Waals surface area contributed by atoms with Crippen molar-refractivity contribution in [3.05, 3.63) is 35.7 Å². The minimum absolute atomic E-state index is 0.0468. The van der Waals surface area contributed by atoms with Gasteiger partial charge in [-0.3, -0.25) is 14.6 Å². The highest BCUT2D eigenvalue weighted by Crippen LogP contribution is 2.03. The molecule has 1 heterocycles. The highest BCUT2D eigenvalue weighted by molar-refractivity contribution is 5.93. The van der Waals surface area contributed by atoms with E-state index in [4.69, 9.17) is 10.8 Å². The topological polar surface area (TPSA) is 122 Å². The van der Waals surface area contributed by atoms with Crippen molar-refractivity contribution in [1.82, 2.24) is 10.3 Å². The van der Waals surface area contributed by atoms with Gasteiger partial charge >= 0.3 is 5.97 Å². The summed E-state index contributed by atoms with van der Waals surface area (Å²) in [6, 6.07) is 2.65. The molecule has 0 saturated carbocycles. The van der Waals surface area contributed by atoms with Gasteiger partial charge in [0, 0.05) is 24.7 Å². The molecule has 2 amide bonds. The largest absolute Gasteiger partial charge is 0.478 e. The SMILES string of the molecule is CC(CC(N)=O)NC(=O)c1ccc(/C=C/C(=O)O)cn1. The van der Waals surface area contributed by atoms with Crippen molar-refractivity contribution in [3.63, 3.8) is 0 Å². The van der Waals surface area contributed by atoms with E-state index in [1.54, 1.807) is 13.0 Å². The third-order valence-corrected chi connectivity index (χ3v) is 2.32. The van der Waals surface area contributed by atoms with Crippen molar-refractivity contribution in [1.29, 1.82) is 0 Å². The van der Waals surface area contributed by atoms with Crippen LogP contribution in [0.5, 0.6) is 0 Å². The molecule has 1 aromatic heterocycles. The lowest BCUT2D eigenvalue weighted by molar-refractivity contribution is -0.131. The number of carbonyl (C=O) groups excluding carboxylic acids is 2. The Bertz CT molecular complexity index is 537. The molecule has 1 aromatic rings. The number of carbonyl (C=O) groups is 3. The zero-order valence-electron chi connectivity index (χ0n) is 10.9. The number of primary amides is 1. The van der Waals surface area contributed by atoms with Crippen LogP contribution in [0.3, 0.4) is 0 Å². The first-order valence-corrected chi connectivity index (χ1v) is 5.84. The van der Waals surface area contributed by atoms with Crippen molar-refractivity contribution in [2.24, 2.45) is 5.73 Å². The van der Waals surface area contributed by atoms with E-state index in [0.717, 1.165) is 6.08 Å². The normalized spacial score (nSPS) is 12.1. The Balaban J connectivity index is 2.66. The summed E-state index contributed by atoms with van der Waals surface area (Å²) in [5, 5.41) is 11.1. The average molecular weight is 277 g/mol. The van der Waals surface area contributed by atoms with Gasteiger partial charge in [0.25, 0.3) is 5.91 Å². The number of amides is 2. The maximum atomic E-state index is 11.8. The Morgan fingerprint density at radius 3 is 2.65 bits per heavy atom. The number of nitrogens with zero attached hydrogens (tertiary/aromatic N) is 1. The lowest BCUT2D eigenvalue weighted by Gasteiger charge is -2.11.